The lowest BCUT2D eigenvalue weighted by Crippen LogP contribution is -2.22. The quantitative estimate of drug-likeness (QED) is 0.890. The van der Waals surface area contributed by atoms with E-state index in [2.05, 4.69) is 4.72 Å². The van der Waals surface area contributed by atoms with Crippen molar-refractivity contribution in [2.75, 3.05) is 0 Å². The molecule has 0 bridgehead atoms. The molecule has 0 saturated carbocycles. The third-order valence-corrected chi connectivity index (χ3v) is 6.13. The molecule has 1 aromatic carbocycles. The molecule has 0 aliphatic rings. The van der Waals surface area contributed by atoms with Gasteiger partial charge < -0.3 is 5.73 Å². The summed E-state index contributed by atoms with van der Waals surface area (Å²) in [6, 6.07) is 9.44. The van der Waals surface area contributed by atoms with Crippen molar-refractivity contribution in [1.82, 2.24) is 4.72 Å². The molecule has 1 aromatic heterocycles. The summed E-state index contributed by atoms with van der Waals surface area (Å²) in [5.41, 5.74) is 8.56. The number of hydrogen-bond acceptors (Lipinski definition) is 4. The zero-order chi connectivity index (χ0) is 14.8. The first-order valence-corrected chi connectivity index (χ1v) is 8.57. The third-order valence-electron chi connectivity index (χ3n) is 3.00. The molecule has 4 nitrogen and oxygen atoms in total. The van der Waals surface area contributed by atoms with Gasteiger partial charge in [0, 0.05) is 18.0 Å². The Bertz CT molecular complexity index is 706. The van der Waals surface area contributed by atoms with E-state index in [1.165, 1.54) is 11.3 Å². The van der Waals surface area contributed by atoms with E-state index in [0.717, 1.165) is 21.6 Å². The van der Waals surface area contributed by atoms with E-state index in [0.29, 0.717) is 17.3 Å². The van der Waals surface area contributed by atoms with Crippen LogP contribution in [0.15, 0.2) is 34.5 Å². The average molecular weight is 310 g/mol. The highest BCUT2D eigenvalue weighted by molar-refractivity contribution is 7.91. The van der Waals surface area contributed by atoms with Crippen LogP contribution in [-0.4, -0.2) is 8.42 Å². The van der Waals surface area contributed by atoms with E-state index in [1.54, 1.807) is 6.07 Å². The molecule has 2 aromatic rings. The Morgan fingerprint density at radius 3 is 2.60 bits per heavy atom. The summed E-state index contributed by atoms with van der Waals surface area (Å²) >= 11 is 1.23. The highest BCUT2D eigenvalue weighted by Gasteiger charge is 2.18. The number of aryl methyl sites for hydroxylation is 2. The van der Waals surface area contributed by atoms with Gasteiger partial charge >= 0.3 is 0 Å². The number of thiophene rings is 1. The van der Waals surface area contributed by atoms with Gasteiger partial charge in [-0.3, -0.25) is 0 Å². The summed E-state index contributed by atoms with van der Waals surface area (Å²) in [6.45, 7) is 4.51. The summed E-state index contributed by atoms with van der Waals surface area (Å²) in [5, 5.41) is 0. The van der Waals surface area contributed by atoms with Crippen LogP contribution in [0.5, 0.6) is 0 Å². The maximum atomic E-state index is 12.2. The molecule has 0 aliphatic carbocycles. The minimum atomic E-state index is -3.47. The molecule has 20 heavy (non-hydrogen) atoms. The Labute approximate surface area is 123 Å². The average Bonchev–Trinajstić information content (AvgIpc) is 2.79. The highest BCUT2D eigenvalue weighted by Crippen LogP contribution is 2.25. The topological polar surface area (TPSA) is 72.2 Å². The van der Waals surface area contributed by atoms with Gasteiger partial charge in [0.15, 0.2) is 0 Å². The number of rotatable bonds is 5. The summed E-state index contributed by atoms with van der Waals surface area (Å²) in [6.07, 6.45) is 0. The second-order valence-corrected chi connectivity index (χ2v) is 7.82. The van der Waals surface area contributed by atoms with Gasteiger partial charge in [0.2, 0.25) is 10.0 Å². The van der Waals surface area contributed by atoms with Gasteiger partial charge in [-0.15, -0.1) is 11.3 Å². The first-order chi connectivity index (χ1) is 9.42. The molecule has 6 heteroatoms. The number of nitrogens with one attached hydrogen (secondary N) is 1. The SMILES string of the molecule is Cc1cccc(CNS(=O)(=O)c2cc(C)c(CN)s2)c1. The van der Waals surface area contributed by atoms with Crippen LogP contribution in [0.25, 0.3) is 0 Å². The summed E-state index contributed by atoms with van der Waals surface area (Å²) in [4.78, 5) is 0.904. The van der Waals surface area contributed by atoms with Crippen molar-refractivity contribution >= 4 is 21.4 Å². The molecule has 0 saturated heterocycles. The molecule has 0 radical (unpaired) electrons. The van der Waals surface area contributed by atoms with Crippen molar-refractivity contribution in [3.63, 3.8) is 0 Å². The maximum Gasteiger partial charge on any atom is 0.250 e. The first kappa shape index (κ1) is 15.2. The van der Waals surface area contributed by atoms with Gasteiger partial charge in [-0.2, -0.15) is 0 Å². The second kappa shape index (κ2) is 6.05. The highest BCUT2D eigenvalue weighted by atomic mass is 32.2. The molecular weight excluding hydrogens is 292 g/mol. The van der Waals surface area contributed by atoms with Crippen LogP contribution in [-0.2, 0) is 23.1 Å². The van der Waals surface area contributed by atoms with Crippen molar-refractivity contribution in [2.24, 2.45) is 5.73 Å². The van der Waals surface area contributed by atoms with Crippen molar-refractivity contribution in [3.8, 4) is 0 Å². The van der Waals surface area contributed by atoms with Crippen LogP contribution in [0.4, 0.5) is 0 Å². The lowest BCUT2D eigenvalue weighted by molar-refractivity contribution is 0.583. The zero-order valence-electron chi connectivity index (χ0n) is 11.5. The van der Waals surface area contributed by atoms with Gasteiger partial charge in [0.05, 0.1) is 0 Å². The predicted octanol–water partition coefficient (Wildman–Crippen LogP) is 2.30. The molecule has 1 heterocycles. The molecule has 0 fully saturated rings. The summed E-state index contributed by atoms with van der Waals surface area (Å²) in [5.74, 6) is 0. The molecule has 3 N–H and O–H groups in total. The van der Waals surface area contributed by atoms with Gasteiger partial charge in [-0.05, 0) is 31.0 Å². The molecule has 108 valence electrons. The van der Waals surface area contributed by atoms with E-state index in [1.807, 2.05) is 38.1 Å². The molecule has 0 spiro atoms. The van der Waals surface area contributed by atoms with E-state index in [9.17, 15) is 8.42 Å². The van der Waals surface area contributed by atoms with Crippen molar-refractivity contribution in [1.29, 1.82) is 0 Å². The summed E-state index contributed by atoms with van der Waals surface area (Å²) in [7, 11) is -3.47. The maximum absolute atomic E-state index is 12.2. The summed E-state index contributed by atoms with van der Waals surface area (Å²) < 4.78 is 27.4. The number of hydrogen-bond donors (Lipinski definition) is 2. The molecule has 0 unspecified atom stereocenters. The minimum Gasteiger partial charge on any atom is -0.326 e. The largest absolute Gasteiger partial charge is 0.326 e. The third kappa shape index (κ3) is 3.46. The smallest absolute Gasteiger partial charge is 0.250 e. The molecule has 0 aliphatic heterocycles. The van der Waals surface area contributed by atoms with Crippen molar-refractivity contribution in [3.05, 3.63) is 51.9 Å². The first-order valence-electron chi connectivity index (χ1n) is 6.27. The molecule has 2 rings (SSSR count). The minimum absolute atomic E-state index is 0.291. The standard InChI is InChI=1S/C14H18N2O2S2/c1-10-4-3-5-12(6-10)9-16-20(17,18)14-7-11(2)13(8-15)19-14/h3-7,16H,8-9,15H2,1-2H3. The van der Waals surface area contributed by atoms with Crippen LogP contribution in [0.3, 0.4) is 0 Å². The Morgan fingerprint density at radius 1 is 1.25 bits per heavy atom. The Balaban J connectivity index is 2.15. The van der Waals surface area contributed by atoms with Crippen molar-refractivity contribution < 1.29 is 8.42 Å². The van der Waals surface area contributed by atoms with Gasteiger partial charge in [0.1, 0.15) is 4.21 Å². The fraction of sp³-hybridized carbons (Fsp3) is 0.286. The Kier molecular flexibility index (Phi) is 4.59. The van der Waals surface area contributed by atoms with Crippen LogP contribution < -0.4 is 10.5 Å². The van der Waals surface area contributed by atoms with Crippen LogP contribution in [0.2, 0.25) is 0 Å². The predicted molar refractivity (Wildman–Crippen MR) is 82.2 cm³/mol. The Hall–Kier alpha value is -1.21. The van der Waals surface area contributed by atoms with Gasteiger partial charge in [-0.1, -0.05) is 29.8 Å². The molecule has 0 amide bonds. The van der Waals surface area contributed by atoms with Gasteiger partial charge in [-0.25, -0.2) is 13.1 Å². The van der Waals surface area contributed by atoms with Gasteiger partial charge in [0.25, 0.3) is 0 Å². The van der Waals surface area contributed by atoms with E-state index in [4.69, 9.17) is 5.73 Å². The van der Waals surface area contributed by atoms with Crippen LogP contribution >= 0.6 is 11.3 Å². The van der Waals surface area contributed by atoms with E-state index < -0.39 is 10.0 Å². The lowest BCUT2D eigenvalue weighted by Gasteiger charge is -2.05. The fourth-order valence-electron chi connectivity index (χ4n) is 1.90. The number of benzene rings is 1. The van der Waals surface area contributed by atoms with Crippen LogP contribution in [0, 0.1) is 13.8 Å². The second-order valence-electron chi connectivity index (χ2n) is 4.69. The number of sulfonamides is 1. The van der Waals surface area contributed by atoms with Crippen molar-refractivity contribution in [2.45, 2.75) is 31.1 Å². The zero-order valence-corrected chi connectivity index (χ0v) is 13.1. The fourth-order valence-corrected chi connectivity index (χ4v) is 4.43. The lowest BCUT2D eigenvalue weighted by atomic mass is 10.1. The normalized spacial score (nSPS) is 11.8. The molecular formula is C14H18N2O2S2. The Morgan fingerprint density at radius 2 is 2.00 bits per heavy atom. The van der Waals surface area contributed by atoms with E-state index >= 15 is 0 Å². The molecule has 0 atom stereocenters. The van der Waals surface area contributed by atoms with E-state index in [-0.39, 0.29) is 0 Å². The monoisotopic (exact) mass is 310 g/mol. The number of nitrogens with two attached hydrogens (primary N) is 1. The van der Waals surface area contributed by atoms with Crippen LogP contribution in [0.1, 0.15) is 21.6 Å².